The van der Waals surface area contributed by atoms with Gasteiger partial charge in [0, 0.05) is 0 Å². The SMILES string of the molecule is CP=C(F)S. The molecule has 0 atom stereocenters. The highest BCUT2D eigenvalue weighted by Gasteiger charge is 1.69. The molecule has 0 radical (unpaired) electrons. The Balaban J connectivity index is 3.14. The van der Waals surface area contributed by atoms with E-state index in [0.29, 0.717) is 8.20 Å². The second-order valence-electron chi connectivity index (χ2n) is 0.493. The van der Waals surface area contributed by atoms with E-state index in [9.17, 15) is 4.39 Å². The minimum Gasteiger partial charge on any atom is -0.195 e. The van der Waals surface area contributed by atoms with E-state index in [1.54, 1.807) is 6.66 Å². The fraction of sp³-hybridized carbons (Fsp3) is 0.500. The molecular formula is C2H4FPS. The average molecular weight is 110 g/mol. The molecule has 30 valence electrons. The van der Waals surface area contributed by atoms with Crippen molar-refractivity contribution in [1.29, 1.82) is 0 Å². The van der Waals surface area contributed by atoms with Crippen LogP contribution in [0.15, 0.2) is 0 Å². The van der Waals surface area contributed by atoms with Crippen molar-refractivity contribution < 1.29 is 4.39 Å². The molecule has 0 unspecified atom stereocenters. The third-order valence-corrected chi connectivity index (χ3v) is 1.15. The van der Waals surface area contributed by atoms with E-state index in [1.165, 1.54) is 0 Å². The van der Waals surface area contributed by atoms with Gasteiger partial charge in [-0.1, -0.05) is 8.20 Å². The molecule has 0 nitrogen and oxygen atoms in total. The van der Waals surface area contributed by atoms with Gasteiger partial charge in [-0.2, -0.15) is 4.39 Å². The van der Waals surface area contributed by atoms with Gasteiger partial charge >= 0.3 is 0 Å². The van der Waals surface area contributed by atoms with Gasteiger partial charge in [-0.25, -0.2) is 0 Å². The Morgan fingerprint density at radius 2 is 2.20 bits per heavy atom. The van der Waals surface area contributed by atoms with Crippen LogP contribution in [0.2, 0.25) is 0 Å². The molecule has 0 rings (SSSR count). The van der Waals surface area contributed by atoms with Crippen LogP contribution in [-0.4, -0.2) is 11.5 Å². The van der Waals surface area contributed by atoms with Gasteiger partial charge in [-0.3, -0.25) is 0 Å². The monoisotopic (exact) mass is 110 g/mol. The van der Waals surface area contributed by atoms with Crippen LogP contribution < -0.4 is 0 Å². The maximum absolute atomic E-state index is 11.2. The van der Waals surface area contributed by atoms with Crippen molar-refractivity contribution >= 4 is 25.7 Å². The van der Waals surface area contributed by atoms with Crippen LogP contribution >= 0.6 is 20.8 Å². The largest absolute Gasteiger partial charge is 0.195 e. The van der Waals surface area contributed by atoms with Crippen molar-refractivity contribution in [2.75, 3.05) is 6.66 Å². The molecular weight excluding hydrogens is 106 g/mol. The lowest BCUT2D eigenvalue weighted by Gasteiger charge is -1.66. The Hall–Kier alpha value is 0.450. The van der Waals surface area contributed by atoms with Crippen LogP contribution in [0, 0.1) is 0 Å². The lowest BCUT2D eigenvalue weighted by molar-refractivity contribution is 0.853. The highest BCUT2D eigenvalue weighted by Crippen LogP contribution is 1.95. The van der Waals surface area contributed by atoms with Crippen molar-refractivity contribution in [2.24, 2.45) is 0 Å². The van der Waals surface area contributed by atoms with Crippen molar-refractivity contribution in [3.63, 3.8) is 0 Å². The predicted molar refractivity (Wildman–Crippen MR) is 27.9 cm³/mol. The van der Waals surface area contributed by atoms with E-state index in [1.807, 2.05) is 0 Å². The highest BCUT2D eigenvalue weighted by atomic mass is 32.1. The number of hydrogen-bond acceptors (Lipinski definition) is 0. The van der Waals surface area contributed by atoms with Crippen molar-refractivity contribution in [1.82, 2.24) is 0 Å². The van der Waals surface area contributed by atoms with Gasteiger partial charge < -0.3 is 0 Å². The van der Waals surface area contributed by atoms with E-state index >= 15 is 0 Å². The molecule has 0 aliphatic carbocycles. The molecule has 0 bridgehead atoms. The summed E-state index contributed by atoms with van der Waals surface area (Å²) < 4.78 is 11.2. The minimum absolute atomic E-state index is 0.329. The molecule has 0 N–H and O–H groups in total. The van der Waals surface area contributed by atoms with Crippen LogP contribution in [0.4, 0.5) is 4.39 Å². The molecule has 0 aliphatic rings. The van der Waals surface area contributed by atoms with Crippen LogP contribution in [0.3, 0.4) is 0 Å². The Labute approximate surface area is 37.6 Å². The first-order chi connectivity index (χ1) is 2.27. The molecule has 0 heterocycles. The van der Waals surface area contributed by atoms with Crippen molar-refractivity contribution in [2.45, 2.75) is 0 Å². The maximum Gasteiger partial charge on any atom is 0.175 e. The summed E-state index contributed by atoms with van der Waals surface area (Å²) in [7, 11) is 0.611. The van der Waals surface area contributed by atoms with Gasteiger partial charge in [0.2, 0.25) is 0 Å². The molecule has 0 spiro atoms. The standard InChI is InChI=1S/C2H4FPS/c1-4-2(3)5/h5H,1H3. The van der Waals surface area contributed by atoms with Gasteiger partial charge in [-0.15, -0.1) is 12.6 Å². The van der Waals surface area contributed by atoms with Crippen LogP contribution in [0.25, 0.3) is 0 Å². The number of halogens is 1. The van der Waals surface area contributed by atoms with Gasteiger partial charge in [0.15, 0.2) is 4.88 Å². The van der Waals surface area contributed by atoms with E-state index in [-0.39, 0.29) is 4.88 Å². The fourth-order valence-electron chi connectivity index (χ4n) is 0. The number of hydrogen-bond donors (Lipinski definition) is 1. The smallest absolute Gasteiger partial charge is 0.175 e. The zero-order chi connectivity index (χ0) is 4.28. The molecule has 0 aromatic rings. The second-order valence-corrected chi connectivity index (χ2v) is 2.08. The zero-order valence-electron chi connectivity index (χ0n) is 2.77. The minimum atomic E-state index is -0.329. The number of thiol groups is 1. The molecule has 3 heteroatoms. The van der Waals surface area contributed by atoms with Gasteiger partial charge in [0.1, 0.15) is 0 Å². The van der Waals surface area contributed by atoms with Crippen LogP contribution in [-0.2, 0) is 0 Å². The molecule has 0 saturated heterocycles. The quantitative estimate of drug-likeness (QED) is 0.355. The molecule has 0 saturated carbocycles. The van der Waals surface area contributed by atoms with Gasteiger partial charge in [-0.05, 0) is 6.66 Å². The molecule has 5 heavy (non-hydrogen) atoms. The first-order valence-electron chi connectivity index (χ1n) is 1.08. The highest BCUT2D eigenvalue weighted by molar-refractivity contribution is 8.02. The summed E-state index contributed by atoms with van der Waals surface area (Å²) in [6.45, 7) is 1.68. The van der Waals surface area contributed by atoms with Crippen LogP contribution in [0.1, 0.15) is 0 Å². The average Bonchev–Trinajstić information content (AvgIpc) is 1.38. The molecule has 0 amide bonds. The van der Waals surface area contributed by atoms with Crippen molar-refractivity contribution in [3.05, 3.63) is 0 Å². The van der Waals surface area contributed by atoms with E-state index < -0.39 is 0 Å². The summed E-state index contributed by atoms with van der Waals surface area (Å²) in [5, 5.41) is 0. The summed E-state index contributed by atoms with van der Waals surface area (Å²) in [5.74, 6) is 0. The second kappa shape index (κ2) is 2.67. The van der Waals surface area contributed by atoms with Crippen molar-refractivity contribution in [3.8, 4) is 0 Å². The Morgan fingerprint density at radius 3 is 2.20 bits per heavy atom. The Bertz CT molecular complexity index is 47.6. The predicted octanol–water partition coefficient (Wildman–Crippen LogP) is 1.55. The van der Waals surface area contributed by atoms with Crippen LogP contribution in [0.5, 0.6) is 0 Å². The Kier molecular flexibility index (Phi) is 2.92. The van der Waals surface area contributed by atoms with Gasteiger partial charge in [0.25, 0.3) is 0 Å². The molecule has 0 fully saturated rings. The zero-order valence-corrected chi connectivity index (χ0v) is 4.56. The lowest BCUT2D eigenvalue weighted by Crippen LogP contribution is -1.54. The topological polar surface area (TPSA) is 0 Å². The molecule has 0 aliphatic heterocycles. The first-order valence-corrected chi connectivity index (χ1v) is 2.87. The Morgan fingerprint density at radius 1 is 2.00 bits per heavy atom. The normalized spacial score (nSPS) is 12.2. The van der Waals surface area contributed by atoms with E-state index in [4.69, 9.17) is 0 Å². The third-order valence-electron chi connectivity index (χ3n) is 0.185. The summed E-state index contributed by atoms with van der Waals surface area (Å²) in [6.07, 6.45) is 0. The lowest BCUT2D eigenvalue weighted by atomic mass is 11.8. The number of rotatable bonds is 0. The van der Waals surface area contributed by atoms with E-state index in [0.717, 1.165) is 0 Å². The summed E-state index contributed by atoms with van der Waals surface area (Å²) in [5.41, 5.74) is 0. The first kappa shape index (κ1) is 5.45. The summed E-state index contributed by atoms with van der Waals surface area (Å²) in [4.78, 5) is -0.329. The fourth-order valence-corrected chi connectivity index (χ4v) is 0. The maximum atomic E-state index is 11.2. The summed E-state index contributed by atoms with van der Waals surface area (Å²) >= 11 is 3.34. The summed E-state index contributed by atoms with van der Waals surface area (Å²) in [6, 6.07) is 0. The molecule has 0 aromatic carbocycles. The van der Waals surface area contributed by atoms with Gasteiger partial charge in [0.05, 0.1) is 0 Å². The van der Waals surface area contributed by atoms with E-state index in [2.05, 4.69) is 12.6 Å². The molecule has 0 aromatic heterocycles. The third kappa shape index (κ3) is 4.45.